The van der Waals surface area contributed by atoms with Crippen molar-refractivity contribution in [2.24, 2.45) is 0 Å². The summed E-state index contributed by atoms with van der Waals surface area (Å²) in [6.07, 6.45) is 3.00. The van der Waals surface area contributed by atoms with Crippen LogP contribution >= 0.6 is 15.9 Å². The minimum absolute atomic E-state index is 0.305. The molecule has 2 nitrogen and oxygen atoms in total. The molecule has 1 rings (SSSR count). The number of carbonyl (C=O) groups is 1. The first-order valence-electron chi connectivity index (χ1n) is 3.78. The Morgan fingerprint density at radius 3 is 2.33 bits per heavy atom. The minimum atomic E-state index is -3.53. The first-order chi connectivity index (χ1) is 5.50. The minimum Gasteiger partial charge on any atom is -0.457 e. The van der Waals surface area contributed by atoms with Crippen LogP contribution in [0, 0.1) is 0 Å². The molecule has 0 aliphatic heterocycles. The number of halogens is 3. The van der Waals surface area contributed by atoms with Gasteiger partial charge in [0.15, 0.2) is 0 Å². The molecule has 1 aliphatic carbocycles. The molecule has 5 heteroatoms. The summed E-state index contributed by atoms with van der Waals surface area (Å²) >= 11 is 1.94. The first-order valence-corrected chi connectivity index (χ1v) is 4.57. The smallest absolute Gasteiger partial charge is 0.396 e. The van der Waals surface area contributed by atoms with Crippen molar-refractivity contribution in [2.75, 3.05) is 0 Å². The van der Waals surface area contributed by atoms with Crippen LogP contribution in [0.5, 0.6) is 0 Å². The van der Waals surface area contributed by atoms with Crippen molar-refractivity contribution in [1.82, 2.24) is 0 Å². The van der Waals surface area contributed by atoms with Crippen LogP contribution in [-0.2, 0) is 9.53 Å². The summed E-state index contributed by atoms with van der Waals surface area (Å²) < 4.78 is 29.0. The molecule has 0 spiro atoms. The highest BCUT2D eigenvalue weighted by atomic mass is 79.9. The Morgan fingerprint density at radius 1 is 1.42 bits per heavy atom. The standard InChI is InChI=1S/C7H9BrF2O2/c8-7(9,10)6(11)12-5-3-1-2-4-5/h5H,1-4H2. The van der Waals surface area contributed by atoms with E-state index in [4.69, 9.17) is 0 Å². The number of carbonyl (C=O) groups excluding carboxylic acids is 1. The maximum Gasteiger partial charge on any atom is 0.396 e. The highest BCUT2D eigenvalue weighted by molar-refractivity contribution is 9.10. The fraction of sp³-hybridized carbons (Fsp3) is 0.857. The SMILES string of the molecule is O=C(OC1CCCC1)C(F)(F)Br. The van der Waals surface area contributed by atoms with Gasteiger partial charge in [-0.3, -0.25) is 0 Å². The van der Waals surface area contributed by atoms with Crippen LogP contribution in [0.3, 0.4) is 0 Å². The molecule has 0 atom stereocenters. The Labute approximate surface area is 77.4 Å². The Hall–Kier alpha value is -0.190. The van der Waals surface area contributed by atoms with Gasteiger partial charge < -0.3 is 4.74 Å². The lowest BCUT2D eigenvalue weighted by Crippen LogP contribution is -2.27. The van der Waals surface area contributed by atoms with Gasteiger partial charge in [-0.05, 0) is 25.7 Å². The molecule has 1 saturated carbocycles. The summed E-state index contributed by atoms with van der Waals surface area (Å²) in [4.78, 5) is 7.07. The number of ether oxygens (including phenoxy) is 1. The van der Waals surface area contributed by atoms with Crippen molar-refractivity contribution in [3.05, 3.63) is 0 Å². The van der Waals surface area contributed by atoms with Gasteiger partial charge in [-0.15, -0.1) is 0 Å². The number of rotatable bonds is 2. The fourth-order valence-electron chi connectivity index (χ4n) is 1.22. The lowest BCUT2D eigenvalue weighted by Gasteiger charge is -2.13. The van der Waals surface area contributed by atoms with Crippen LogP contribution in [-0.4, -0.2) is 16.9 Å². The molecule has 0 heterocycles. The third kappa shape index (κ3) is 2.69. The van der Waals surface area contributed by atoms with E-state index in [-0.39, 0.29) is 6.10 Å². The molecule has 0 aromatic rings. The molecule has 1 fully saturated rings. The molecule has 0 bridgehead atoms. The molecule has 70 valence electrons. The van der Waals surface area contributed by atoms with Crippen molar-refractivity contribution in [3.63, 3.8) is 0 Å². The average Bonchev–Trinajstić information content (AvgIpc) is 2.37. The van der Waals surface area contributed by atoms with Gasteiger partial charge >= 0.3 is 10.8 Å². The highest BCUT2D eigenvalue weighted by Crippen LogP contribution is 2.27. The van der Waals surface area contributed by atoms with Crippen molar-refractivity contribution < 1.29 is 18.3 Å². The second-order valence-corrected chi connectivity index (χ2v) is 3.81. The molecule has 0 saturated heterocycles. The summed E-state index contributed by atoms with van der Waals surface area (Å²) in [7, 11) is 0. The van der Waals surface area contributed by atoms with Crippen LogP contribution in [0.1, 0.15) is 25.7 Å². The van der Waals surface area contributed by atoms with Crippen molar-refractivity contribution in [3.8, 4) is 0 Å². The number of esters is 1. The van der Waals surface area contributed by atoms with Gasteiger partial charge in [-0.2, -0.15) is 8.78 Å². The van der Waals surface area contributed by atoms with E-state index in [1.165, 1.54) is 0 Å². The number of alkyl halides is 3. The maximum absolute atomic E-state index is 12.2. The van der Waals surface area contributed by atoms with E-state index in [0.29, 0.717) is 12.8 Å². The molecule has 0 N–H and O–H groups in total. The topological polar surface area (TPSA) is 26.3 Å². The van der Waals surface area contributed by atoms with Gasteiger partial charge in [-0.25, -0.2) is 4.79 Å². The first kappa shape index (κ1) is 9.89. The van der Waals surface area contributed by atoms with Crippen molar-refractivity contribution in [2.45, 2.75) is 36.6 Å². The van der Waals surface area contributed by atoms with Crippen molar-refractivity contribution >= 4 is 21.9 Å². The summed E-state index contributed by atoms with van der Waals surface area (Å²) in [5.74, 6) is -1.48. The number of hydrogen-bond acceptors (Lipinski definition) is 2. The van der Waals surface area contributed by atoms with E-state index >= 15 is 0 Å². The molecular formula is C7H9BrF2O2. The van der Waals surface area contributed by atoms with Gasteiger partial charge in [0.1, 0.15) is 6.10 Å². The maximum atomic E-state index is 12.2. The van der Waals surface area contributed by atoms with Crippen LogP contribution < -0.4 is 0 Å². The Balaban J connectivity index is 2.35. The van der Waals surface area contributed by atoms with E-state index < -0.39 is 10.8 Å². The zero-order valence-electron chi connectivity index (χ0n) is 6.36. The molecular weight excluding hydrogens is 234 g/mol. The van der Waals surface area contributed by atoms with Gasteiger partial charge in [0, 0.05) is 15.9 Å². The quantitative estimate of drug-likeness (QED) is 0.550. The van der Waals surface area contributed by atoms with E-state index in [0.717, 1.165) is 12.8 Å². The largest absolute Gasteiger partial charge is 0.457 e. The Bertz CT molecular complexity index is 173. The second kappa shape index (κ2) is 3.68. The molecule has 0 aromatic heterocycles. The second-order valence-electron chi connectivity index (χ2n) is 2.81. The van der Waals surface area contributed by atoms with Gasteiger partial charge in [0.2, 0.25) is 0 Å². The third-order valence-corrected chi connectivity index (χ3v) is 2.13. The van der Waals surface area contributed by atoms with Crippen LogP contribution in [0.15, 0.2) is 0 Å². The van der Waals surface area contributed by atoms with Crippen LogP contribution in [0.25, 0.3) is 0 Å². The molecule has 1 aliphatic rings. The predicted molar refractivity (Wildman–Crippen MR) is 42.2 cm³/mol. The Kier molecular flexibility index (Phi) is 3.04. The third-order valence-electron chi connectivity index (χ3n) is 1.81. The summed E-state index contributed by atoms with van der Waals surface area (Å²) in [5, 5.41) is 0. The molecule has 0 aromatic carbocycles. The average molecular weight is 243 g/mol. The zero-order chi connectivity index (χ0) is 9.19. The normalized spacial score (nSPS) is 19.6. The Morgan fingerprint density at radius 2 is 1.92 bits per heavy atom. The van der Waals surface area contributed by atoms with E-state index in [1.807, 2.05) is 15.9 Å². The zero-order valence-corrected chi connectivity index (χ0v) is 7.94. The van der Waals surface area contributed by atoms with E-state index in [1.54, 1.807) is 0 Å². The lowest BCUT2D eigenvalue weighted by molar-refractivity contribution is -0.164. The predicted octanol–water partition coefficient (Wildman–Crippen LogP) is 2.46. The molecule has 0 radical (unpaired) electrons. The lowest BCUT2D eigenvalue weighted by atomic mass is 10.3. The highest BCUT2D eigenvalue weighted by Gasteiger charge is 2.38. The van der Waals surface area contributed by atoms with E-state index in [9.17, 15) is 13.6 Å². The van der Waals surface area contributed by atoms with Gasteiger partial charge in [-0.1, -0.05) is 0 Å². The molecule has 12 heavy (non-hydrogen) atoms. The fourth-order valence-corrected chi connectivity index (χ4v) is 1.32. The monoisotopic (exact) mass is 242 g/mol. The van der Waals surface area contributed by atoms with Crippen LogP contribution in [0.2, 0.25) is 0 Å². The van der Waals surface area contributed by atoms with Gasteiger partial charge in [0.05, 0.1) is 0 Å². The summed E-state index contributed by atoms with van der Waals surface area (Å²) in [6, 6.07) is 0. The number of hydrogen-bond donors (Lipinski definition) is 0. The summed E-state index contributed by atoms with van der Waals surface area (Å²) in [5.41, 5.74) is 0. The van der Waals surface area contributed by atoms with Gasteiger partial charge in [0.25, 0.3) is 0 Å². The van der Waals surface area contributed by atoms with Crippen LogP contribution in [0.4, 0.5) is 8.78 Å². The molecule has 0 unspecified atom stereocenters. The van der Waals surface area contributed by atoms with E-state index in [2.05, 4.69) is 4.74 Å². The van der Waals surface area contributed by atoms with Crippen molar-refractivity contribution in [1.29, 1.82) is 0 Å². The summed E-state index contributed by atoms with van der Waals surface area (Å²) in [6.45, 7) is 0. The molecule has 0 amide bonds.